The summed E-state index contributed by atoms with van der Waals surface area (Å²) in [6.45, 7) is 0.731. The maximum absolute atomic E-state index is 12.0. The van der Waals surface area contributed by atoms with Gasteiger partial charge in [0, 0.05) is 27.3 Å². The van der Waals surface area contributed by atoms with Crippen LogP contribution in [0.2, 0.25) is 5.02 Å². The highest BCUT2D eigenvalue weighted by molar-refractivity contribution is 9.10. The average Bonchev–Trinajstić information content (AvgIpc) is 2.76. The molecule has 108 valence electrons. The summed E-state index contributed by atoms with van der Waals surface area (Å²) in [4.78, 5) is 12.0. The smallest absolute Gasteiger partial charge is 0.246 e. The Balaban J connectivity index is 1.63. The van der Waals surface area contributed by atoms with E-state index in [0.717, 1.165) is 33.7 Å². The van der Waals surface area contributed by atoms with Gasteiger partial charge in [0.2, 0.25) is 5.91 Å². The molecule has 0 aliphatic carbocycles. The third-order valence-corrected chi connectivity index (χ3v) is 4.27. The summed E-state index contributed by atoms with van der Waals surface area (Å²) in [5, 5.41) is 6.94. The summed E-state index contributed by atoms with van der Waals surface area (Å²) in [5.41, 5.74) is 3.07. The Bertz CT molecular complexity index is 672. The van der Waals surface area contributed by atoms with Crippen LogP contribution in [0.4, 0.5) is 5.69 Å². The molecule has 0 radical (unpaired) electrons. The lowest BCUT2D eigenvalue weighted by atomic mass is 10.1. The number of carbonyl (C=O) groups excluding carboxylic acids is 1. The molecular formula is C16H14BrClN2O. The molecule has 2 aromatic carbocycles. The second kappa shape index (κ2) is 6.18. The van der Waals surface area contributed by atoms with Crippen molar-refractivity contribution in [3.8, 4) is 0 Å². The molecule has 3 nitrogen and oxygen atoms in total. The van der Waals surface area contributed by atoms with Crippen molar-refractivity contribution in [3.63, 3.8) is 0 Å². The van der Waals surface area contributed by atoms with Crippen molar-refractivity contribution in [1.82, 2.24) is 5.32 Å². The highest BCUT2D eigenvalue weighted by atomic mass is 79.9. The van der Waals surface area contributed by atoms with Gasteiger partial charge in [0.25, 0.3) is 0 Å². The molecule has 0 bridgehead atoms. The molecule has 0 saturated carbocycles. The molecule has 2 aromatic rings. The monoisotopic (exact) mass is 364 g/mol. The van der Waals surface area contributed by atoms with Crippen LogP contribution in [-0.2, 0) is 11.2 Å². The quantitative estimate of drug-likeness (QED) is 0.862. The van der Waals surface area contributed by atoms with Crippen LogP contribution in [-0.4, -0.2) is 12.5 Å². The minimum Gasteiger partial charge on any atom is -0.324 e. The van der Waals surface area contributed by atoms with Crippen LogP contribution in [0.25, 0.3) is 0 Å². The average molecular weight is 366 g/mol. The number of amides is 1. The molecule has 1 aliphatic heterocycles. The number of carbonyl (C=O) groups is 1. The molecule has 0 fully saturated rings. The predicted octanol–water partition coefficient (Wildman–Crippen LogP) is 3.93. The molecule has 3 rings (SSSR count). The molecule has 0 saturated heterocycles. The molecule has 0 spiro atoms. The maximum Gasteiger partial charge on any atom is 0.246 e. The fourth-order valence-corrected chi connectivity index (χ4v) is 2.94. The van der Waals surface area contributed by atoms with E-state index in [-0.39, 0.29) is 11.9 Å². The van der Waals surface area contributed by atoms with Gasteiger partial charge in [-0.3, -0.25) is 4.79 Å². The minimum atomic E-state index is -0.277. The van der Waals surface area contributed by atoms with Gasteiger partial charge in [-0.1, -0.05) is 45.7 Å². The van der Waals surface area contributed by atoms with Crippen LogP contribution < -0.4 is 10.6 Å². The van der Waals surface area contributed by atoms with E-state index < -0.39 is 0 Å². The topological polar surface area (TPSA) is 41.1 Å². The molecule has 0 aromatic heterocycles. The fourth-order valence-electron chi connectivity index (χ4n) is 2.45. The van der Waals surface area contributed by atoms with E-state index in [0.29, 0.717) is 0 Å². The van der Waals surface area contributed by atoms with Crippen LogP contribution in [0.3, 0.4) is 0 Å². The van der Waals surface area contributed by atoms with Crippen molar-refractivity contribution in [2.24, 2.45) is 0 Å². The molecule has 1 aliphatic rings. The lowest BCUT2D eigenvalue weighted by molar-refractivity contribution is -0.117. The van der Waals surface area contributed by atoms with Gasteiger partial charge >= 0.3 is 0 Å². The Hall–Kier alpha value is -1.36. The van der Waals surface area contributed by atoms with Crippen molar-refractivity contribution in [3.05, 3.63) is 63.1 Å². The lowest BCUT2D eigenvalue weighted by Crippen LogP contribution is -2.29. The standard InChI is InChI=1S/C16H14BrClN2O/c17-11-3-6-13-14(9-11)20-16(21)15(13)19-8-7-10-1-4-12(18)5-2-10/h1-6,9,15,19H,7-8H2,(H,20,21). The van der Waals surface area contributed by atoms with Crippen molar-refractivity contribution < 1.29 is 4.79 Å². The zero-order chi connectivity index (χ0) is 14.8. The number of rotatable bonds is 4. The number of benzene rings is 2. The van der Waals surface area contributed by atoms with Crippen LogP contribution in [0.1, 0.15) is 17.2 Å². The van der Waals surface area contributed by atoms with Crippen LogP contribution >= 0.6 is 27.5 Å². The van der Waals surface area contributed by atoms with Gasteiger partial charge in [-0.2, -0.15) is 0 Å². The largest absolute Gasteiger partial charge is 0.324 e. The molecular weight excluding hydrogens is 352 g/mol. The highest BCUT2D eigenvalue weighted by Gasteiger charge is 2.29. The number of halogens is 2. The van der Waals surface area contributed by atoms with E-state index in [1.807, 2.05) is 42.5 Å². The molecule has 1 unspecified atom stereocenters. The molecule has 21 heavy (non-hydrogen) atoms. The third kappa shape index (κ3) is 3.28. The first-order valence-electron chi connectivity index (χ1n) is 6.71. The molecule has 1 atom stereocenters. The summed E-state index contributed by atoms with van der Waals surface area (Å²) in [6.07, 6.45) is 0.854. The third-order valence-electron chi connectivity index (χ3n) is 3.52. The predicted molar refractivity (Wildman–Crippen MR) is 88.7 cm³/mol. The SMILES string of the molecule is O=C1Nc2cc(Br)ccc2C1NCCc1ccc(Cl)cc1. The summed E-state index contributed by atoms with van der Waals surface area (Å²) < 4.78 is 0.961. The van der Waals surface area contributed by atoms with Crippen molar-refractivity contribution in [2.75, 3.05) is 11.9 Å². The zero-order valence-electron chi connectivity index (χ0n) is 11.2. The Labute approximate surface area is 136 Å². The number of nitrogens with one attached hydrogen (secondary N) is 2. The van der Waals surface area contributed by atoms with Crippen molar-refractivity contribution in [2.45, 2.75) is 12.5 Å². The number of hydrogen-bond donors (Lipinski definition) is 2. The first-order valence-corrected chi connectivity index (χ1v) is 7.89. The molecule has 1 amide bonds. The Morgan fingerprint density at radius 1 is 1.19 bits per heavy atom. The van der Waals surface area contributed by atoms with Gasteiger partial charge < -0.3 is 10.6 Å². The summed E-state index contributed by atoms with van der Waals surface area (Å²) in [6, 6.07) is 13.3. The summed E-state index contributed by atoms with van der Waals surface area (Å²) in [7, 11) is 0. The van der Waals surface area contributed by atoms with E-state index in [2.05, 4.69) is 26.6 Å². The van der Waals surface area contributed by atoms with Gasteiger partial charge in [0.15, 0.2) is 0 Å². The van der Waals surface area contributed by atoms with Crippen LogP contribution in [0.5, 0.6) is 0 Å². The van der Waals surface area contributed by atoms with Gasteiger partial charge in [-0.15, -0.1) is 0 Å². The molecule has 5 heteroatoms. The highest BCUT2D eigenvalue weighted by Crippen LogP contribution is 2.32. The normalized spacial score (nSPS) is 16.7. The van der Waals surface area contributed by atoms with E-state index in [4.69, 9.17) is 11.6 Å². The Kier molecular flexibility index (Phi) is 4.29. The second-order valence-electron chi connectivity index (χ2n) is 4.98. The van der Waals surface area contributed by atoms with Crippen LogP contribution in [0.15, 0.2) is 46.9 Å². The van der Waals surface area contributed by atoms with Crippen molar-refractivity contribution >= 4 is 39.1 Å². The van der Waals surface area contributed by atoms with E-state index in [1.165, 1.54) is 5.56 Å². The molecule has 2 N–H and O–H groups in total. The number of anilines is 1. The van der Waals surface area contributed by atoms with Crippen molar-refractivity contribution in [1.29, 1.82) is 0 Å². The summed E-state index contributed by atoms with van der Waals surface area (Å²) >= 11 is 9.28. The maximum atomic E-state index is 12.0. The minimum absolute atomic E-state index is 0.000735. The van der Waals surface area contributed by atoms with E-state index in [1.54, 1.807) is 0 Å². The number of hydrogen-bond acceptors (Lipinski definition) is 2. The number of fused-ring (bicyclic) bond motifs is 1. The second-order valence-corrected chi connectivity index (χ2v) is 6.34. The first kappa shape index (κ1) is 14.6. The van der Waals surface area contributed by atoms with E-state index in [9.17, 15) is 4.79 Å². The fraction of sp³-hybridized carbons (Fsp3) is 0.188. The Morgan fingerprint density at radius 3 is 2.71 bits per heavy atom. The first-order chi connectivity index (χ1) is 10.1. The van der Waals surface area contributed by atoms with Gasteiger partial charge in [-0.25, -0.2) is 0 Å². The Morgan fingerprint density at radius 2 is 1.95 bits per heavy atom. The van der Waals surface area contributed by atoms with Gasteiger partial charge in [-0.05, 0) is 36.2 Å². The zero-order valence-corrected chi connectivity index (χ0v) is 13.5. The molecule has 1 heterocycles. The summed E-state index contributed by atoms with van der Waals surface area (Å²) in [5.74, 6) is -0.000735. The van der Waals surface area contributed by atoms with E-state index >= 15 is 0 Å². The van der Waals surface area contributed by atoms with Crippen LogP contribution in [0, 0.1) is 0 Å². The lowest BCUT2D eigenvalue weighted by Gasteiger charge is -2.11. The van der Waals surface area contributed by atoms with Gasteiger partial charge in [0.1, 0.15) is 6.04 Å². The van der Waals surface area contributed by atoms with Gasteiger partial charge in [0.05, 0.1) is 0 Å².